The minimum absolute atomic E-state index is 0.229. The number of nitrogens with one attached hydrogen (secondary N) is 2. The van der Waals surface area contributed by atoms with Crippen LogP contribution in [0.1, 0.15) is 23.7 Å². The molecule has 6 nitrogen and oxygen atoms in total. The first-order valence-corrected chi connectivity index (χ1v) is 8.66. The van der Waals surface area contributed by atoms with Gasteiger partial charge in [0.15, 0.2) is 0 Å². The summed E-state index contributed by atoms with van der Waals surface area (Å²) >= 11 is 0. The van der Waals surface area contributed by atoms with Gasteiger partial charge in [-0.1, -0.05) is 24.8 Å². The number of carbonyl (C=O) groups excluding carboxylic acids is 3. The lowest BCUT2D eigenvalue weighted by molar-refractivity contribution is -0.150. The molecule has 1 unspecified atom stereocenters. The van der Waals surface area contributed by atoms with E-state index in [0.717, 1.165) is 0 Å². The van der Waals surface area contributed by atoms with E-state index in [9.17, 15) is 14.4 Å². The Balaban J connectivity index is 1.64. The molecule has 0 radical (unpaired) electrons. The van der Waals surface area contributed by atoms with Gasteiger partial charge in [0.25, 0.3) is 5.91 Å². The van der Waals surface area contributed by atoms with Crippen LogP contribution in [0.15, 0.2) is 67.3 Å². The van der Waals surface area contributed by atoms with E-state index in [0.29, 0.717) is 29.9 Å². The van der Waals surface area contributed by atoms with Crippen molar-refractivity contribution in [2.45, 2.75) is 18.9 Å². The zero-order chi connectivity index (χ0) is 19.4. The fourth-order valence-electron chi connectivity index (χ4n) is 2.95. The minimum Gasteiger partial charge on any atom is -0.325 e. The summed E-state index contributed by atoms with van der Waals surface area (Å²) in [6.45, 7) is 5.73. The van der Waals surface area contributed by atoms with Crippen LogP contribution >= 0.6 is 0 Å². The Bertz CT molecular complexity index is 877. The monoisotopic (exact) mass is 363 g/mol. The number of para-hydroxylation sites is 1. The quantitative estimate of drug-likeness (QED) is 0.802. The highest BCUT2D eigenvalue weighted by atomic mass is 16.2. The van der Waals surface area contributed by atoms with E-state index in [4.69, 9.17) is 0 Å². The van der Waals surface area contributed by atoms with Crippen LogP contribution in [0.2, 0.25) is 0 Å². The summed E-state index contributed by atoms with van der Waals surface area (Å²) in [5.74, 6) is -0.745. The Kier molecular flexibility index (Phi) is 5.07. The van der Waals surface area contributed by atoms with Crippen LogP contribution in [0.25, 0.3) is 0 Å². The van der Waals surface area contributed by atoms with Crippen LogP contribution in [0, 0.1) is 0 Å². The summed E-state index contributed by atoms with van der Waals surface area (Å²) in [5, 5.41) is 5.62. The highest BCUT2D eigenvalue weighted by Crippen LogP contribution is 2.32. The standard InChI is InChI=1S/C21H21N3O3/c1-3-18(25)24-14-13-21(24,2)20(27)23-17-11-9-15(10-12-17)19(26)22-16-7-5-4-6-8-16/h3-12H,1,13-14H2,2H3,(H,22,26)(H,23,27). The van der Waals surface area contributed by atoms with Gasteiger partial charge in [-0.25, -0.2) is 0 Å². The molecule has 1 aliphatic rings. The summed E-state index contributed by atoms with van der Waals surface area (Å²) in [4.78, 5) is 38.2. The van der Waals surface area contributed by atoms with Gasteiger partial charge in [-0.2, -0.15) is 0 Å². The predicted molar refractivity (Wildman–Crippen MR) is 104 cm³/mol. The SMILES string of the molecule is C=CC(=O)N1CCC1(C)C(=O)Nc1ccc(C(=O)Nc2ccccc2)cc1. The average Bonchev–Trinajstić information content (AvgIpc) is 2.67. The normalized spacial score (nSPS) is 18.2. The first-order valence-electron chi connectivity index (χ1n) is 8.66. The molecule has 3 rings (SSSR count). The molecule has 0 aliphatic carbocycles. The molecular weight excluding hydrogens is 342 g/mol. The summed E-state index contributed by atoms with van der Waals surface area (Å²) in [6, 6.07) is 15.8. The number of nitrogens with zero attached hydrogens (tertiary/aromatic N) is 1. The molecule has 2 aromatic carbocycles. The molecule has 2 N–H and O–H groups in total. The van der Waals surface area contributed by atoms with Crippen LogP contribution < -0.4 is 10.6 Å². The highest BCUT2D eigenvalue weighted by Gasteiger charge is 2.48. The Morgan fingerprint density at radius 1 is 1.00 bits per heavy atom. The number of hydrogen-bond acceptors (Lipinski definition) is 3. The fraction of sp³-hybridized carbons (Fsp3) is 0.190. The molecule has 138 valence electrons. The van der Waals surface area contributed by atoms with Crippen LogP contribution in [-0.2, 0) is 9.59 Å². The molecule has 1 aliphatic heterocycles. The Morgan fingerprint density at radius 3 is 2.19 bits per heavy atom. The molecule has 6 heteroatoms. The summed E-state index contributed by atoms with van der Waals surface area (Å²) < 4.78 is 0. The van der Waals surface area contributed by atoms with Gasteiger partial charge in [-0.3, -0.25) is 14.4 Å². The number of rotatable bonds is 5. The molecule has 3 amide bonds. The van der Waals surface area contributed by atoms with Crippen molar-refractivity contribution in [2.75, 3.05) is 17.2 Å². The Morgan fingerprint density at radius 2 is 1.63 bits per heavy atom. The number of anilines is 2. The molecule has 0 saturated carbocycles. The van der Waals surface area contributed by atoms with Gasteiger partial charge >= 0.3 is 0 Å². The molecular formula is C21H21N3O3. The van der Waals surface area contributed by atoms with Gasteiger partial charge in [-0.05, 0) is 55.8 Å². The molecule has 1 heterocycles. The van der Waals surface area contributed by atoms with Gasteiger partial charge in [-0.15, -0.1) is 0 Å². The average molecular weight is 363 g/mol. The summed E-state index contributed by atoms with van der Waals surface area (Å²) in [5.41, 5.74) is 0.879. The zero-order valence-corrected chi connectivity index (χ0v) is 15.1. The summed E-state index contributed by atoms with van der Waals surface area (Å²) in [7, 11) is 0. The van der Waals surface area contributed by atoms with Gasteiger partial charge in [0.1, 0.15) is 5.54 Å². The molecule has 2 aromatic rings. The second kappa shape index (κ2) is 7.45. The number of hydrogen-bond donors (Lipinski definition) is 2. The van der Waals surface area contributed by atoms with E-state index in [1.54, 1.807) is 31.2 Å². The van der Waals surface area contributed by atoms with Crippen molar-refractivity contribution in [3.8, 4) is 0 Å². The second-order valence-electron chi connectivity index (χ2n) is 6.57. The number of benzene rings is 2. The molecule has 1 fully saturated rings. The Labute approximate surface area is 157 Å². The van der Waals surface area contributed by atoms with Crippen molar-refractivity contribution in [1.82, 2.24) is 4.90 Å². The van der Waals surface area contributed by atoms with Crippen molar-refractivity contribution < 1.29 is 14.4 Å². The van der Waals surface area contributed by atoms with Gasteiger partial charge < -0.3 is 15.5 Å². The number of amides is 3. The maximum absolute atomic E-state index is 12.6. The largest absolute Gasteiger partial charge is 0.325 e. The molecule has 0 aromatic heterocycles. The third-order valence-electron chi connectivity index (χ3n) is 4.78. The van der Waals surface area contributed by atoms with E-state index in [-0.39, 0.29) is 17.7 Å². The van der Waals surface area contributed by atoms with Gasteiger partial charge in [0.05, 0.1) is 0 Å². The lowest BCUT2D eigenvalue weighted by Crippen LogP contribution is -2.65. The van der Waals surface area contributed by atoms with Crippen molar-refractivity contribution in [3.05, 3.63) is 72.8 Å². The smallest absolute Gasteiger partial charge is 0.255 e. The van der Waals surface area contributed by atoms with E-state index >= 15 is 0 Å². The number of likely N-dealkylation sites (tertiary alicyclic amines) is 1. The summed E-state index contributed by atoms with van der Waals surface area (Å²) in [6.07, 6.45) is 1.81. The number of carbonyl (C=O) groups is 3. The van der Waals surface area contributed by atoms with Crippen LogP contribution in [-0.4, -0.2) is 34.7 Å². The second-order valence-corrected chi connectivity index (χ2v) is 6.57. The maximum atomic E-state index is 12.6. The lowest BCUT2D eigenvalue weighted by atomic mass is 9.85. The van der Waals surface area contributed by atoms with Crippen LogP contribution in [0.4, 0.5) is 11.4 Å². The van der Waals surface area contributed by atoms with Gasteiger partial charge in [0.2, 0.25) is 11.8 Å². The first kappa shape index (κ1) is 18.4. The lowest BCUT2D eigenvalue weighted by Gasteiger charge is -2.48. The highest BCUT2D eigenvalue weighted by molar-refractivity contribution is 6.05. The van der Waals surface area contributed by atoms with E-state index in [1.807, 2.05) is 30.3 Å². The molecule has 0 spiro atoms. The van der Waals surface area contributed by atoms with Crippen molar-refractivity contribution in [2.24, 2.45) is 0 Å². The fourth-order valence-corrected chi connectivity index (χ4v) is 2.95. The van der Waals surface area contributed by atoms with E-state index < -0.39 is 5.54 Å². The Hall–Kier alpha value is -3.41. The van der Waals surface area contributed by atoms with Crippen molar-refractivity contribution in [3.63, 3.8) is 0 Å². The molecule has 27 heavy (non-hydrogen) atoms. The third kappa shape index (κ3) is 3.74. The maximum Gasteiger partial charge on any atom is 0.255 e. The third-order valence-corrected chi connectivity index (χ3v) is 4.78. The van der Waals surface area contributed by atoms with Crippen LogP contribution in [0.3, 0.4) is 0 Å². The van der Waals surface area contributed by atoms with E-state index in [1.165, 1.54) is 11.0 Å². The molecule has 0 bridgehead atoms. The predicted octanol–water partition coefficient (Wildman–Crippen LogP) is 3.05. The molecule has 1 atom stereocenters. The minimum atomic E-state index is -0.880. The van der Waals surface area contributed by atoms with Gasteiger partial charge in [0, 0.05) is 23.5 Å². The zero-order valence-electron chi connectivity index (χ0n) is 15.1. The molecule has 1 saturated heterocycles. The first-order chi connectivity index (χ1) is 12.9. The van der Waals surface area contributed by atoms with Crippen molar-refractivity contribution >= 4 is 29.1 Å². The topological polar surface area (TPSA) is 78.5 Å². The van der Waals surface area contributed by atoms with Crippen molar-refractivity contribution in [1.29, 1.82) is 0 Å². The van der Waals surface area contributed by atoms with Crippen LogP contribution in [0.5, 0.6) is 0 Å². The van der Waals surface area contributed by atoms with E-state index in [2.05, 4.69) is 17.2 Å².